The Hall–Kier alpha value is -12.9. The van der Waals surface area contributed by atoms with E-state index in [0.29, 0.717) is 0 Å². The van der Waals surface area contributed by atoms with Gasteiger partial charge in [-0.25, -0.2) is 0 Å². The van der Waals surface area contributed by atoms with Crippen molar-refractivity contribution in [2.24, 2.45) is 0 Å². The molecule has 10 heteroatoms. The normalized spacial score (nSPS) is 15.2. The Morgan fingerprint density at radius 2 is 0.328 bits per heavy atom. The van der Waals surface area contributed by atoms with Crippen molar-refractivity contribution in [3.05, 3.63) is 364 Å². The molecule has 20 aromatic carbocycles. The third kappa shape index (κ3) is 12.7. The minimum Gasteiger partial charge on any atom is -0.345 e. The molecule has 0 bridgehead atoms. The van der Waals surface area contributed by atoms with Crippen LogP contribution >= 0.6 is 0 Å². The summed E-state index contributed by atoms with van der Waals surface area (Å²) in [6.45, 7) is 24.9. The molecular formula is C115H105N5Si5. The summed E-state index contributed by atoms with van der Waals surface area (Å²) in [4.78, 5) is 12.0. The van der Waals surface area contributed by atoms with Crippen molar-refractivity contribution in [1.29, 1.82) is 0 Å². The number of benzene rings is 20. The number of nitrogens with zero attached hydrogens (tertiary/aromatic N) is 5. The summed E-state index contributed by atoms with van der Waals surface area (Å²) in [6, 6.07) is 135. The summed E-state index contributed by atoms with van der Waals surface area (Å²) < 4.78 is 0. The van der Waals surface area contributed by atoms with Gasteiger partial charge in [-0.2, -0.15) is 0 Å². The van der Waals surface area contributed by atoms with E-state index in [2.05, 4.69) is 489 Å². The quantitative estimate of drug-likeness (QED) is 0.140. The van der Waals surface area contributed by atoms with Crippen molar-refractivity contribution < 1.29 is 0 Å². The second kappa shape index (κ2) is 29.9. The van der Waals surface area contributed by atoms with E-state index in [1.165, 1.54) is 206 Å². The molecule has 0 aliphatic carbocycles. The van der Waals surface area contributed by atoms with E-state index in [-0.39, 0.29) is 0 Å². The zero-order chi connectivity index (χ0) is 85.9. The Kier molecular flexibility index (Phi) is 19.0. The van der Waals surface area contributed by atoms with Gasteiger partial charge in [0.15, 0.2) is 0 Å². The third-order valence-corrected chi connectivity index (χ3v) is 46.6. The van der Waals surface area contributed by atoms with Gasteiger partial charge in [0.2, 0.25) is 0 Å². The maximum atomic E-state index is 2.50. The lowest BCUT2D eigenvalue weighted by molar-refractivity contribution is 1.22. The molecule has 25 rings (SSSR count). The molecular weight excluding hydrogens is 1590 g/mol. The molecule has 5 aliphatic heterocycles. The Bertz CT molecular complexity index is 7430. The molecule has 5 nitrogen and oxygen atoms in total. The lowest BCUT2D eigenvalue weighted by Gasteiger charge is -2.40. The van der Waals surface area contributed by atoms with Crippen LogP contribution in [0.4, 0.5) is 56.9 Å². The van der Waals surface area contributed by atoms with Crippen LogP contribution in [0.2, 0.25) is 65.5 Å². The van der Waals surface area contributed by atoms with Crippen LogP contribution in [0.1, 0.15) is 0 Å². The van der Waals surface area contributed by atoms with Gasteiger partial charge in [0.25, 0.3) is 0 Å². The first-order valence-electron chi connectivity index (χ1n) is 44.3. The first kappa shape index (κ1) is 79.3. The minimum absolute atomic E-state index is 1.32. The standard InChI is InChI=1S/5C23H21NSi/c1-24-20-12-16-8-4-6-10-18(16)14-22(20)25(2,3)23-15-19-11-7-5-9-17(19)13-21(23)24;1-24-20-14-12-17-9-5-7-11-19(17)23(20)25(2,3)21-15-13-16-8-4-6-10-18(16)22(21)24;1-24-22-18-10-6-4-8-16(18)12-14-20(22)25(2,3)21-15-13-17-9-5-7-11-19(17)23(21)24;1-24-20-14-17-9-4-5-10-18(17)15-22(20)25(2,3)21-13-12-16-8-6-7-11-19(16)23(21)24;1-24-20-13-12-16-8-6-7-11-19(16)23(20)25(2,3)22-15-18-10-5-4-9-17(18)14-21(22)24/h5*4-15H,1-3H3. The van der Waals surface area contributed by atoms with E-state index in [1.807, 2.05) is 0 Å². The maximum absolute atomic E-state index is 2.50. The summed E-state index contributed by atoms with van der Waals surface area (Å²) >= 11 is 0. The summed E-state index contributed by atoms with van der Waals surface area (Å²) in [5.74, 6) is 0. The van der Waals surface area contributed by atoms with E-state index in [0.717, 1.165) is 0 Å². The van der Waals surface area contributed by atoms with Gasteiger partial charge in [0.05, 0.1) is 0 Å². The molecule has 125 heavy (non-hydrogen) atoms. The highest BCUT2D eigenvalue weighted by Gasteiger charge is 2.44. The zero-order valence-corrected chi connectivity index (χ0v) is 79.4. The number of fused-ring (bicyclic) bond motifs is 26. The predicted octanol–water partition coefficient (Wildman–Crippen LogP) is 24.5. The lowest BCUT2D eigenvalue weighted by Crippen LogP contribution is -2.59. The highest BCUT2D eigenvalue weighted by Crippen LogP contribution is 2.44. The van der Waals surface area contributed by atoms with Gasteiger partial charge in [-0.3, -0.25) is 0 Å². The van der Waals surface area contributed by atoms with E-state index < -0.39 is 40.4 Å². The topological polar surface area (TPSA) is 16.2 Å². The van der Waals surface area contributed by atoms with Crippen molar-refractivity contribution >= 4 is 257 Å². The van der Waals surface area contributed by atoms with Crippen LogP contribution in [0.3, 0.4) is 0 Å². The molecule has 20 aromatic rings. The van der Waals surface area contributed by atoms with Crippen LogP contribution in [0, 0.1) is 0 Å². The van der Waals surface area contributed by atoms with Crippen LogP contribution in [0.5, 0.6) is 0 Å². The highest BCUT2D eigenvalue weighted by atomic mass is 28.3. The minimum atomic E-state index is -1.80. The molecule has 0 unspecified atom stereocenters. The molecule has 5 heterocycles. The van der Waals surface area contributed by atoms with Crippen LogP contribution in [-0.2, 0) is 0 Å². The van der Waals surface area contributed by atoms with Gasteiger partial charge < -0.3 is 24.5 Å². The van der Waals surface area contributed by atoms with Crippen LogP contribution in [0.15, 0.2) is 364 Å². The van der Waals surface area contributed by atoms with Gasteiger partial charge in [0.1, 0.15) is 40.4 Å². The van der Waals surface area contributed by atoms with Gasteiger partial charge in [-0.15, -0.1) is 0 Å². The number of anilines is 10. The number of hydrogen-bond donors (Lipinski definition) is 0. The van der Waals surface area contributed by atoms with Crippen LogP contribution < -0.4 is 76.4 Å². The van der Waals surface area contributed by atoms with Gasteiger partial charge in [-0.1, -0.05) is 393 Å². The van der Waals surface area contributed by atoms with Crippen LogP contribution in [0.25, 0.3) is 108 Å². The van der Waals surface area contributed by atoms with E-state index in [9.17, 15) is 0 Å². The van der Waals surface area contributed by atoms with E-state index in [1.54, 1.807) is 10.4 Å². The average Bonchev–Trinajstić information content (AvgIpc) is 0.462. The maximum Gasteiger partial charge on any atom is 0.118 e. The second-order valence-electron chi connectivity index (χ2n) is 37.9. The first-order chi connectivity index (χ1) is 60.4. The van der Waals surface area contributed by atoms with Gasteiger partial charge >= 0.3 is 0 Å². The third-order valence-electron chi connectivity index (χ3n) is 29.0. The molecule has 0 spiro atoms. The lowest BCUT2D eigenvalue weighted by atomic mass is 10.0. The molecule has 0 amide bonds. The van der Waals surface area contributed by atoms with Gasteiger partial charge in [-0.05, 0) is 174 Å². The van der Waals surface area contributed by atoms with E-state index >= 15 is 0 Å². The van der Waals surface area contributed by atoms with E-state index in [4.69, 9.17) is 0 Å². The second-order valence-corrected chi connectivity index (χ2v) is 59.4. The Balaban J connectivity index is 0.0000000956. The number of hydrogen-bond acceptors (Lipinski definition) is 5. The van der Waals surface area contributed by atoms with Crippen molar-refractivity contribution in [3.63, 3.8) is 0 Å². The first-order valence-corrected chi connectivity index (χ1v) is 59.3. The van der Waals surface area contributed by atoms with Crippen molar-refractivity contribution in [3.8, 4) is 0 Å². The fraction of sp³-hybridized carbons (Fsp3) is 0.130. The smallest absolute Gasteiger partial charge is 0.118 e. The highest BCUT2D eigenvalue weighted by molar-refractivity contribution is 7.06. The zero-order valence-electron chi connectivity index (χ0n) is 74.4. The van der Waals surface area contributed by atoms with Gasteiger partial charge in [0, 0.05) is 114 Å². The molecule has 0 atom stereocenters. The monoisotopic (exact) mass is 1700 g/mol. The average molecular weight is 1700 g/mol. The fourth-order valence-electron chi connectivity index (χ4n) is 22.2. The Labute approximate surface area is 740 Å². The molecule has 0 radical (unpaired) electrons. The summed E-state index contributed by atoms with van der Waals surface area (Å²) in [7, 11) is 2.27. The molecule has 5 aliphatic rings. The molecule has 0 N–H and O–H groups in total. The Morgan fingerprint density at radius 1 is 0.144 bits per heavy atom. The number of rotatable bonds is 0. The molecule has 0 saturated carbocycles. The Morgan fingerprint density at radius 3 is 0.640 bits per heavy atom. The SMILES string of the molecule is CN1c2c(ccc3ccccc23)[Si](C)(C)c2ccc3ccccc3c21.CN1c2cc3ccccc3cc2[Si](C)(C)c2c1ccc1ccccc21.CN1c2cc3ccccc3cc2[Si](C)(C)c2cc3ccccc3cc21.CN1c2cc3ccccc3cc2[Si](C)(C)c2ccc3ccccc3c21.CN1c2ccc3ccccc3c2[Si](C)(C)c2ccc3ccccc3c21. The van der Waals surface area contributed by atoms with Crippen molar-refractivity contribution in [2.45, 2.75) is 65.5 Å². The fourth-order valence-corrected chi connectivity index (χ4v) is 38.4. The largest absolute Gasteiger partial charge is 0.345 e. The summed E-state index contributed by atoms with van der Waals surface area (Å²) in [6.07, 6.45) is 0. The van der Waals surface area contributed by atoms with Crippen LogP contribution in [-0.4, -0.2) is 75.6 Å². The van der Waals surface area contributed by atoms with Crippen molar-refractivity contribution in [2.75, 3.05) is 59.7 Å². The molecule has 610 valence electrons. The predicted molar refractivity (Wildman–Crippen MR) is 564 cm³/mol. The molecule has 0 saturated heterocycles. The summed E-state index contributed by atoms with van der Waals surface area (Å²) in [5.41, 5.74) is 13.8. The molecule has 0 fully saturated rings. The summed E-state index contributed by atoms with van der Waals surface area (Å²) in [5, 5.41) is 42.4. The molecule has 0 aromatic heterocycles. The van der Waals surface area contributed by atoms with Crippen molar-refractivity contribution in [1.82, 2.24) is 0 Å².